The number of thiophene rings is 1. The number of nitriles is 1. The van der Waals surface area contributed by atoms with Crippen molar-refractivity contribution in [3.63, 3.8) is 0 Å². The third-order valence-electron chi connectivity index (χ3n) is 2.64. The Hall–Kier alpha value is -2.04. The standard InChI is InChI=1S/C13H11BrN4OS/c14-8-3-1-2-7(4-8)6-18-13-10(12(17)19)11(16)9(5-15)20-13/h1-4,18H,6,16H2,(H2,17,19). The highest BCUT2D eigenvalue weighted by atomic mass is 79.9. The van der Waals surface area contributed by atoms with Gasteiger partial charge in [0.15, 0.2) is 0 Å². The molecule has 20 heavy (non-hydrogen) atoms. The minimum Gasteiger partial charge on any atom is -0.396 e. The van der Waals surface area contributed by atoms with E-state index in [1.54, 1.807) is 0 Å². The van der Waals surface area contributed by atoms with Gasteiger partial charge in [0.1, 0.15) is 15.9 Å². The first-order valence-corrected chi connectivity index (χ1v) is 7.24. The van der Waals surface area contributed by atoms with Crippen molar-refractivity contribution in [1.82, 2.24) is 0 Å². The first kappa shape index (κ1) is 14.4. The SMILES string of the molecule is N#Cc1sc(NCc2cccc(Br)c2)c(C(N)=O)c1N. The van der Waals surface area contributed by atoms with Crippen LogP contribution in [0.3, 0.4) is 0 Å². The predicted octanol–water partition coefficient (Wildman–Crippen LogP) is 2.68. The Labute approximate surface area is 128 Å². The molecule has 0 aliphatic heterocycles. The average Bonchev–Trinajstić information content (AvgIpc) is 2.73. The summed E-state index contributed by atoms with van der Waals surface area (Å²) in [6, 6.07) is 9.70. The summed E-state index contributed by atoms with van der Waals surface area (Å²) < 4.78 is 0.968. The van der Waals surface area contributed by atoms with Crippen LogP contribution in [0.15, 0.2) is 28.7 Å². The molecule has 0 spiro atoms. The quantitative estimate of drug-likeness (QED) is 0.787. The van der Waals surface area contributed by atoms with Crippen LogP contribution in [0.5, 0.6) is 0 Å². The van der Waals surface area contributed by atoms with Crippen LogP contribution in [0.4, 0.5) is 10.7 Å². The summed E-state index contributed by atoms with van der Waals surface area (Å²) in [4.78, 5) is 11.7. The van der Waals surface area contributed by atoms with Crippen molar-refractivity contribution in [1.29, 1.82) is 5.26 Å². The molecule has 2 aromatic rings. The number of amides is 1. The van der Waals surface area contributed by atoms with Crippen LogP contribution in [-0.4, -0.2) is 5.91 Å². The molecule has 2 rings (SSSR count). The highest BCUT2D eigenvalue weighted by Gasteiger charge is 2.19. The number of carbonyl (C=O) groups excluding carboxylic acids is 1. The lowest BCUT2D eigenvalue weighted by Gasteiger charge is -2.06. The largest absolute Gasteiger partial charge is 0.396 e. The van der Waals surface area contributed by atoms with E-state index in [-0.39, 0.29) is 16.1 Å². The smallest absolute Gasteiger partial charge is 0.253 e. The van der Waals surface area contributed by atoms with Crippen molar-refractivity contribution >= 4 is 43.9 Å². The zero-order chi connectivity index (χ0) is 14.7. The van der Waals surface area contributed by atoms with E-state index < -0.39 is 5.91 Å². The molecule has 0 saturated heterocycles. The summed E-state index contributed by atoms with van der Waals surface area (Å²) in [6.45, 7) is 0.505. The zero-order valence-electron chi connectivity index (χ0n) is 10.3. The van der Waals surface area contributed by atoms with Crippen LogP contribution in [0, 0.1) is 11.3 Å². The molecule has 0 aliphatic rings. The second-order valence-electron chi connectivity index (χ2n) is 4.01. The zero-order valence-corrected chi connectivity index (χ0v) is 12.7. The molecule has 1 aromatic heterocycles. The second-order valence-corrected chi connectivity index (χ2v) is 5.94. The summed E-state index contributed by atoms with van der Waals surface area (Å²) in [5.41, 5.74) is 12.4. The number of nitrogens with one attached hydrogen (secondary N) is 1. The van der Waals surface area contributed by atoms with Crippen LogP contribution >= 0.6 is 27.3 Å². The normalized spacial score (nSPS) is 10.0. The molecule has 0 aliphatic carbocycles. The minimum atomic E-state index is -0.642. The molecule has 1 amide bonds. The third-order valence-corrected chi connectivity index (χ3v) is 4.20. The molecule has 0 fully saturated rings. The topological polar surface area (TPSA) is 105 Å². The first-order valence-electron chi connectivity index (χ1n) is 5.63. The van der Waals surface area contributed by atoms with Gasteiger partial charge in [-0.3, -0.25) is 4.79 Å². The van der Waals surface area contributed by atoms with E-state index in [0.717, 1.165) is 21.4 Å². The fourth-order valence-corrected chi connectivity index (χ4v) is 3.09. The molecule has 7 heteroatoms. The summed E-state index contributed by atoms with van der Waals surface area (Å²) >= 11 is 4.52. The van der Waals surface area contributed by atoms with Gasteiger partial charge in [0.25, 0.3) is 5.91 Å². The Kier molecular flexibility index (Phi) is 4.27. The number of hydrogen-bond acceptors (Lipinski definition) is 5. The highest BCUT2D eigenvalue weighted by Crippen LogP contribution is 2.35. The molecule has 0 saturated carbocycles. The predicted molar refractivity (Wildman–Crippen MR) is 83.4 cm³/mol. The van der Waals surface area contributed by atoms with Crippen molar-refractivity contribution in [3.05, 3.63) is 44.7 Å². The van der Waals surface area contributed by atoms with Gasteiger partial charge in [-0.05, 0) is 17.7 Å². The van der Waals surface area contributed by atoms with Gasteiger partial charge in [-0.25, -0.2) is 0 Å². The Bertz CT molecular complexity index is 705. The van der Waals surface area contributed by atoms with Crippen molar-refractivity contribution in [2.24, 2.45) is 5.73 Å². The maximum atomic E-state index is 11.4. The number of rotatable bonds is 4. The lowest BCUT2D eigenvalue weighted by Crippen LogP contribution is -2.14. The van der Waals surface area contributed by atoms with Crippen LogP contribution in [0.2, 0.25) is 0 Å². The molecule has 0 radical (unpaired) electrons. The molecule has 1 heterocycles. The fourth-order valence-electron chi connectivity index (χ4n) is 1.73. The van der Waals surface area contributed by atoms with Gasteiger partial charge in [0, 0.05) is 11.0 Å². The molecule has 5 N–H and O–H groups in total. The van der Waals surface area contributed by atoms with E-state index in [2.05, 4.69) is 21.2 Å². The van der Waals surface area contributed by atoms with E-state index in [4.69, 9.17) is 16.7 Å². The van der Waals surface area contributed by atoms with Gasteiger partial charge in [-0.15, -0.1) is 11.3 Å². The second kappa shape index (κ2) is 5.94. The van der Waals surface area contributed by atoms with Crippen molar-refractivity contribution in [3.8, 4) is 6.07 Å². The van der Waals surface area contributed by atoms with Gasteiger partial charge in [-0.1, -0.05) is 28.1 Å². The lowest BCUT2D eigenvalue weighted by molar-refractivity contribution is 0.100. The van der Waals surface area contributed by atoms with Gasteiger partial charge < -0.3 is 16.8 Å². The molecular formula is C13H11BrN4OS. The number of halogens is 1. The number of carbonyl (C=O) groups is 1. The van der Waals surface area contributed by atoms with Gasteiger partial charge in [-0.2, -0.15) is 5.26 Å². The van der Waals surface area contributed by atoms with Crippen LogP contribution in [0.25, 0.3) is 0 Å². The molecule has 5 nitrogen and oxygen atoms in total. The number of nitrogens with zero attached hydrogens (tertiary/aromatic N) is 1. The monoisotopic (exact) mass is 350 g/mol. The first-order chi connectivity index (χ1) is 9.52. The minimum absolute atomic E-state index is 0.141. The third kappa shape index (κ3) is 2.92. The fraction of sp³-hybridized carbons (Fsp3) is 0.0769. The number of hydrogen-bond donors (Lipinski definition) is 3. The van der Waals surface area contributed by atoms with Crippen molar-refractivity contribution in [2.75, 3.05) is 11.1 Å². The summed E-state index contributed by atoms with van der Waals surface area (Å²) in [7, 11) is 0. The molecule has 1 aromatic carbocycles. The summed E-state index contributed by atoms with van der Waals surface area (Å²) in [6.07, 6.45) is 0. The molecule has 102 valence electrons. The van der Waals surface area contributed by atoms with E-state index in [1.165, 1.54) is 0 Å². The average molecular weight is 351 g/mol. The maximum Gasteiger partial charge on any atom is 0.253 e. The van der Waals surface area contributed by atoms with Crippen LogP contribution in [-0.2, 0) is 6.54 Å². The Morgan fingerprint density at radius 1 is 1.50 bits per heavy atom. The molecular weight excluding hydrogens is 340 g/mol. The maximum absolute atomic E-state index is 11.4. The van der Waals surface area contributed by atoms with Crippen LogP contribution in [0.1, 0.15) is 20.8 Å². The number of nitrogen functional groups attached to an aromatic ring is 1. The lowest BCUT2D eigenvalue weighted by atomic mass is 10.2. The van der Waals surface area contributed by atoms with E-state index in [9.17, 15) is 4.79 Å². The van der Waals surface area contributed by atoms with E-state index in [1.807, 2.05) is 30.3 Å². The molecule has 0 bridgehead atoms. The van der Waals surface area contributed by atoms with Crippen LogP contribution < -0.4 is 16.8 Å². The summed E-state index contributed by atoms with van der Waals surface area (Å²) in [5, 5.41) is 12.6. The molecule has 0 unspecified atom stereocenters. The number of anilines is 2. The summed E-state index contributed by atoms with van der Waals surface area (Å²) in [5.74, 6) is -0.642. The Morgan fingerprint density at radius 2 is 2.25 bits per heavy atom. The Morgan fingerprint density at radius 3 is 2.85 bits per heavy atom. The number of benzene rings is 1. The van der Waals surface area contributed by atoms with Crippen molar-refractivity contribution < 1.29 is 4.79 Å². The van der Waals surface area contributed by atoms with Gasteiger partial charge >= 0.3 is 0 Å². The highest BCUT2D eigenvalue weighted by molar-refractivity contribution is 9.10. The number of nitrogens with two attached hydrogens (primary N) is 2. The van der Waals surface area contributed by atoms with Gasteiger partial charge in [0.2, 0.25) is 0 Å². The molecule has 0 atom stereocenters. The Balaban J connectivity index is 2.26. The van der Waals surface area contributed by atoms with E-state index in [0.29, 0.717) is 11.5 Å². The number of primary amides is 1. The van der Waals surface area contributed by atoms with E-state index >= 15 is 0 Å². The van der Waals surface area contributed by atoms with Crippen molar-refractivity contribution in [2.45, 2.75) is 6.54 Å². The van der Waals surface area contributed by atoms with Gasteiger partial charge in [0.05, 0.1) is 11.3 Å².